The van der Waals surface area contributed by atoms with Gasteiger partial charge in [0.05, 0.1) is 6.10 Å². The molecular formula is C16H15ClO3. The molecule has 1 N–H and O–H groups in total. The summed E-state index contributed by atoms with van der Waals surface area (Å²) in [5.41, 5.74) is 2.84. The highest BCUT2D eigenvalue weighted by atomic mass is 35.5. The molecule has 3 rings (SSSR count). The first-order chi connectivity index (χ1) is 9.63. The summed E-state index contributed by atoms with van der Waals surface area (Å²) in [4.78, 5) is 0. The fourth-order valence-electron chi connectivity index (χ4n) is 2.26. The molecule has 0 saturated heterocycles. The van der Waals surface area contributed by atoms with Crippen LogP contribution in [0.4, 0.5) is 0 Å². The third-order valence-electron chi connectivity index (χ3n) is 3.40. The van der Waals surface area contributed by atoms with Gasteiger partial charge in [-0.3, -0.25) is 0 Å². The second-order valence-electron chi connectivity index (χ2n) is 4.93. The van der Waals surface area contributed by atoms with E-state index in [4.69, 9.17) is 21.1 Å². The van der Waals surface area contributed by atoms with Crippen molar-refractivity contribution in [3.05, 3.63) is 58.1 Å². The van der Waals surface area contributed by atoms with E-state index in [1.807, 2.05) is 43.3 Å². The molecule has 0 radical (unpaired) electrons. The van der Waals surface area contributed by atoms with Crippen LogP contribution in [0.1, 0.15) is 22.8 Å². The number of aryl methyl sites for hydroxylation is 1. The predicted molar refractivity (Wildman–Crippen MR) is 77.4 cm³/mol. The maximum atomic E-state index is 10.3. The number of benzene rings is 2. The summed E-state index contributed by atoms with van der Waals surface area (Å²) in [6.45, 7) is 2.22. The summed E-state index contributed by atoms with van der Waals surface area (Å²) in [5, 5.41) is 11.0. The van der Waals surface area contributed by atoms with Gasteiger partial charge in [0.1, 0.15) is 0 Å². The lowest BCUT2D eigenvalue weighted by Gasteiger charge is -2.13. The molecule has 1 unspecified atom stereocenters. The highest BCUT2D eigenvalue weighted by Gasteiger charge is 2.17. The SMILES string of the molecule is Cc1ccc(CC(O)c2ccc3c(c2)OCO3)c(Cl)c1. The molecule has 1 heterocycles. The first-order valence-corrected chi connectivity index (χ1v) is 6.84. The maximum absolute atomic E-state index is 10.3. The van der Waals surface area contributed by atoms with E-state index in [1.165, 1.54) is 0 Å². The number of hydrogen-bond acceptors (Lipinski definition) is 3. The standard InChI is InChI=1S/C16H15ClO3/c1-10-2-3-11(13(17)6-10)7-14(18)12-4-5-15-16(8-12)20-9-19-15/h2-6,8,14,18H,7,9H2,1H3. The van der Waals surface area contributed by atoms with Crippen molar-refractivity contribution in [1.29, 1.82) is 0 Å². The van der Waals surface area contributed by atoms with Crippen molar-refractivity contribution < 1.29 is 14.6 Å². The molecule has 0 amide bonds. The molecule has 1 atom stereocenters. The zero-order valence-electron chi connectivity index (χ0n) is 11.1. The zero-order chi connectivity index (χ0) is 14.1. The molecule has 0 aliphatic carbocycles. The van der Waals surface area contributed by atoms with Crippen LogP contribution in [0.5, 0.6) is 11.5 Å². The van der Waals surface area contributed by atoms with E-state index >= 15 is 0 Å². The molecule has 0 bridgehead atoms. The molecule has 104 valence electrons. The van der Waals surface area contributed by atoms with Crippen LogP contribution in [0.3, 0.4) is 0 Å². The van der Waals surface area contributed by atoms with Crippen LogP contribution in [0.25, 0.3) is 0 Å². The average molecular weight is 291 g/mol. The van der Waals surface area contributed by atoms with Crippen molar-refractivity contribution in [2.45, 2.75) is 19.4 Å². The Balaban J connectivity index is 1.80. The van der Waals surface area contributed by atoms with Crippen molar-refractivity contribution in [2.75, 3.05) is 6.79 Å². The molecule has 0 fully saturated rings. The van der Waals surface area contributed by atoms with E-state index in [2.05, 4.69) is 0 Å². The lowest BCUT2D eigenvalue weighted by Crippen LogP contribution is -2.02. The van der Waals surface area contributed by atoms with E-state index in [1.54, 1.807) is 0 Å². The number of halogens is 1. The first-order valence-electron chi connectivity index (χ1n) is 6.46. The third-order valence-corrected chi connectivity index (χ3v) is 3.76. The highest BCUT2D eigenvalue weighted by molar-refractivity contribution is 6.31. The van der Waals surface area contributed by atoms with Gasteiger partial charge in [0.2, 0.25) is 6.79 Å². The molecule has 20 heavy (non-hydrogen) atoms. The van der Waals surface area contributed by atoms with Gasteiger partial charge in [0.15, 0.2) is 11.5 Å². The van der Waals surface area contributed by atoms with Crippen LogP contribution in [0.15, 0.2) is 36.4 Å². The van der Waals surface area contributed by atoms with Gasteiger partial charge in [0.25, 0.3) is 0 Å². The molecule has 4 heteroatoms. The van der Waals surface area contributed by atoms with E-state index < -0.39 is 6.10 Å². The number of fused-ring (bicyclic) bond motifs is 1. The van der Waals surface area contributed by atoms with Gasteiger partial charge in [-0.2, -0.15) is 0 Å². The summed E-state index contributed by atoms with van der Waals surface area (Å²) >= 11 is 6.20. The van der Waals surface area contributed by atoms with Crippen LogP contribution < -0.4 is 9.47 Å². The number of rotatable bonds is 3. The minimum absolute atomic E-state index is 0.235. The smallest absolute Gasteiger partial charge is 0.231 e. The summed E-state index contributed by atoms with van der Waals surface area (Å²) in [5.74, 6) is 1.39. The monoisotopic (exact) mass is 290 g/mol. The molecule has 2 aromatic carbocycles. The summed E-state index contributed by atoms with van der Waals surface area (Å²) in [6, 6.07) is 11.3. The van der Waals surface area contributed by atoms with Crippen molar-refractivity contribution in [3.8, 4) is 11.5 Å². The fourth-order valence-corrected chi connectivity index (χ4v) is 2.58. The summed E-state index contributed by atoms with van der Waals surface area (Å²) in [6.07, 6.45) is -0.150. The van der Waals surface area contributed by atoms with Gasteiger partial charge in [-0.05, 0) is 41.8 Å². The Morgan fingerprint density at radius 2 is 1.95 bits per heavy atom. The van der Waals surface area contributed by atoms with Crippen molar-refractivity contribution in [1.82, 2.24) is 0 Å². The lowest BCUT2D eigenvalue weighted by molar-refractivity contribution is 0.171. The molecule has 3 nitrogen and oxygen atoms in total. The zero-order valence-corrected chi connectivity index (χ0v) is 11.9. The van der Waals surface area contributed by atoms with Gasteiger partial charge in [0, 0.05) is 11.4 Å². The Morgan fingerprint density at radius 3 is 2.75 bits per heavy atom. The summed E-state index contributed by atoms with van der Waals surface area (Å²) in [7, 11) is 0. The highest BCUT2D eigenvalue weighted by Crippen LogP contribution is 2.35. The van der Waals surface area contributed by atoms with Gasteiger partial charge in [-0.1, -0.05) is 29.8 Å². The molecule has 0 saturated carbocycles. The predicted octanol–water partition coefficient (Wildman–Crippen LogP) is 3.65. The molecule has 1 aliphatic rings. The molecule has 1 aliphatic heterocycles. The fraction of sp³-hybridized carbons (Fsp3) is 0.250. The van der Waals surface area contributed by atoms with Crippen molar-refractivity contribution in [2.24, 2.45) is 0 Å². The largest absolute Gasteiger partial charge is 0.454 e. The normalized spacial score (nSPS) is 14.3. The van der Waals surface area contributed by atoms with Gasteiger partial charge >= 0.3 is 0 Å². The van der Waals surface area contributed by atoms with E-state index in [-0.39, 0.29) is 6.79 Å². The number of aliphatic hydroxyl groups excluding tert-OH is 1. The maximum Gasteiger partial charge on any atom is 0.231 e. The van der Waals surface area contributed by atoms with Crippen LogP contribution in [-0.2, 0) is 6.42 Å². The molecule has 0 spiro atoms. The average Bonchev–Trinajstić information content (AvgIpc) is 2.89. The van der Waals surface area contributed by atoms with Crippen LogP contribution in [0.2, 0.25) is 5.02 Å². The van der Waals surface area contributed by atoms with Gasteiger partial charge in [-0.25, -0.2) is 0 Å². The van der Waals surface area contributed by atoms with Crippen molar-refractivity contribution >= 4 is 11.6 Å². The van der Waals surface area contributed by atoms with Gasteiger partial charge in [-0.15, -0.1) is 0 Å². The minimum atomic E-state index is -0.621. The number of hydrogen-bond donors (Lipinski definition) is 1. The Morgan fingerprint density at radius 1 is 1.15 bits per heavy atom. The van der Waals surface area contributed by atoms with Crippen molar-refractivity contribution in [3.63, 3.8) is 0 Å². The van der Waals surface area contributed by atoms with E-state index in [0.29, 0.717) is 22.9 Å². The Labute approximate surface area is 122 Å². The third kappa shape index (κ3) is 2.60. The lowest BCUT2D eigenvalue weighted by atomic mass is 10.0. The van der Waals surface area contributed by atoms with Gasteiger partial charge < -0.3 is 14.6 Å². The van der Waals surface area contributed by atoms with E-state index in [0.717, 1.165) is 16.7 Å². The van der Waals surface area contributed by atoms with Crippen LogP contribution in [0, 0.1) is 6.92 Å². The second-order valence-corrected chi connectivity index (χ2v) is 5.33. The number of aliphatic hydroxyl groups is 1. The number of ether oxygens (including phenoxy) is 2. The van der Waals surface area contributed by atoms with Crippen LogP contribution >= 0.6 is 11.6 Å². The Kier molecular flexibility index (Phi) is 3.55. The minimum Gasteiger partial charge on any atom is -0.454 e. The van der Waals surface area contributed by atoms with E-state index in [9.17, 15) is 5.11 Å². The molecular weight excluding hydrogens is 276 g/mol. The first kappa shape index (κ1) is 13.3. The van der Waals surface area contributed by atoms with Crippen LogP contribution in [-0.4, -0.2) is 11.9 Å². The second kappa shape index (κ2) is 5.35. The molecule has 0 aromatic heterocycles. The Bertz CT molecular complexity index is 640. The quantitative estimate of drug-likeness (QED) is 0.938. The topological polar surface area (TPSA) is 38.7 Å². The molecule has 2 aromatic rings. The summed E-state index contributed by atoms with van der Waals surface area (Å²) < 4.78 is 10.6. The Hall–Kier alpha value is -1.71.